The molecule has 19 heavy (non-hydrogen) atoms. The fourth-order valence-corrected chi connectivity index (χ4v) is 2.00. The number of benzene rings is 1. The number of aliphatic hydroxyl groups is 1. The number of β-amino-alcohol motifs (C(OH)–C–C–N with tert-alkyl or cyclic N) is 1. The number of urea groups is 1. The molecule has 0 radical (unpaired) electrons. The molecule has 0 saturated carbocycles. The predicted molar refractivity (Wildman–Crippen MR) is 65.7 cm³/mol. The average Bonchev–Trinajstić information content (AvgIpc) is 2.52. The number of nitrogens with zero attached hydrogens (tertiary/aromatic N) is 1. The van der Waals surface area contributed by atoms with E-state index in [1.54, 1.807) is 19.9 Å². The molecule has 102 valence electrons. The first-order valence-electron chi connectivity index (χ1n) is 5.89. The van der Waals surface area contributed by atoms with Gasteiger partial charge in [-0.2, -0.15) is 0 Å². The van der Waals surface area contributed by atoms with Gasteiger partial charge >= 0.3 is 6.03 Å². The minimum atomic E-state index is -1.25. The number of hydrogen-bond acceptors (Lipinski definition) is 3. The van der Waals surface area contributed by atoms with Gasteiger partial charge in [0.15, 0.2) is 0 Å². The van der Waals surface area contributed by atoms with Crippen molar-refractivity contribution in [3.05, 3.63) is 35.6 Å². The minimum Gasteiger partial charge on any atom is -0.386 e. The minimum absolute atomic E-state index is 0.0628. The highest BCUT2D eigenvalue weighted by Gasteiger charge is 2.44. The largest absolute Gasteiger partial charge is 0.386 e. The second-order valence-corrected chi connectivity index (χ2v) is 5.01. The van der Waals surface area contributed by atoms with Crippen molar-refractivity contribution in [1.29, 1.82) is 0 Å². The molecule has 2 rings (SSSR count). The molecule has 0 aromatic heterocycles. The zero-order chi connectivity index (χ0) is 14.2. The van der Waals surface area contributed by atoms with Crippen LogP contribution in [0.4, 0.5) is 9.18 Å². The van der Waals surface area contributed by atoms with E-state index in [1.165, 1.54) is 18.2 Å². The third-order valence-corrected chi connectivity index (χ3v) is 3.06. The highest BCUT2D eigenvalue weighted by atomic mass is 19.1. The van der Waals surface area contributed by atoms with E-state index in [1.807, 2.05) is 0 Å². The first-order valence-corrected chi connectivity index (χ1v) is 5.89. The molecule has 1 atom stereocenters. The molecule has 3 amide bonds. The zero-order valence-corrected chi connectivity index (χ0v) is 10.7. The van der Waals surface area contributed by atoms with Crippen molar-refractivity contribution in [2.45, 2.75) is 25.5 Å². The van der Waals surface area contributed by atoms with Crippen molar-refractivity contribution in [3.8, 4) is 0 Å². The number of rotatable bonds is 3. The van der Waals surface area contributed by atoms with Gasteiger partial charge in [0, 0.05) is 5.56 Å². The third-order valence-electron chi connectivity index (χ3n) is 3.06. The maximum absolute atomic E-state index is 13.5. The van der Waals surface area contributed by atoms with Crippen LogP contribution in [0.15, 0.2) is 24.3 Å². The Morgan fingerprint density at radius 3 is 2.53 bits per heavy atom. The fourth-order valence-electron chi connectivity index (χ4n) is 2.00. The Morgan fingerprint density at radius 2 is 2.00 bits per heavy atom. The molecule has 1 saturated heterocycles. The van der Waals surface area contributed by atoms with Crippen LogP contribution in [0.2, 0.25) is 0 Å². The predicted octanol–water partition coefficient (Wildman–Crippen LogP) is 1.19. The summed E-state index contributed by atoms with van der Waals surface area (Å²) in [5, 5.41) is 12.5. The van der Waals surface area contributed by atoms with E-state index in [2.05, 4.69) is 5.32 Å². The van der Waals surface area contributed by atoms with Crippen LogP contribution >= 0.6 is 0 Å². The van der Waals surface area contributed by atoms with Gasteiger partial charge in [0.05, 0.1) is 12.6 Å². The van der Waals surface area contributed by atoms with Crippen molar-refractivity contribution < 1.29 is 19.1 Å². The number of hydrogen-bond donors (Lipinski definition) is 2. The molecule has 1 aliphatic heterocycles. The summed E-state index contributed by atoms with van der Waals surface area (Å²) in [6.07, 6.45) is -1.25. The lowest BCUT2D eigenvalue weighted by Crippen LogP contribution is -2.40. The maximum atomic E-state index is 13.5. The van der Waals surface area contributed by atoms with Crippen LogP contribution < -0.4 is 5.32 Å². The van der Waals surface area contributed by atoms with Gasteiger partial charge in [-0.3, -0.25) is 9.69 Å². The number of imide groups is 1. The lowest BCUT2D eigenvalue weighted by molar-refractivity contribution is -0.131. The molecule has 0 spiro atoms. The average molecular weight is 266 g/mol. The first-order chi connectivity index (χ1) is 8.83. The molecule has 5 nitrogen and oxygen atoms in total. The van der Waals surface area contributed by atoms with Crippen LogP contribution in [-0.4, -0.2) is 34.0 Å². The van der Waals surface area contributed by atoms with E-state index in [0.29, 0.717) is 0 Å². The lowest BCUT2D eigenvalue weighted by Gasteiger charge is -2.19. The third kappa shape index (κ3) is 2.44. The molecule has 6 heteroatoms. The second kappa shape index (κ2) is 4.62. The van der Waals surface area contributed by atoms with E-state index in [9.17, 15) is 19.1 Å². The van der Waals surface area contributed by atoms with Crippen LogP contribution in [0, 0.1) is 5.82 Å². The van der Waals surface area contributed by atoms with Crippen LogP contribution in [-0.2, 0) is 4.79 Å². The second-order valence-electron chi connectivity index (χ2n) is 5.01. The zero-order valence-electron chi connectivity index (χ0n) is 10.7. The van der Waals surface area contributed by atoms with Gasteiger partial charge in [0.1, 0.15) is 11.4 Å². The molecule has 1 aromatic rings. The van der Waals surface area contributed by atoms with Gasteiger partial charge in [0.2, 0.25) is 0 Å². The van der Waals surface area contributed by atoms with Crippen molar-refractivity contribution in [2.24, 2.45) is 0 Å². The molecule has 1 aliphatic rings. The van der Waals surface area contributed by atoms with Gasteiger partial charge in [-0.1, -0.05) is 18.2 Å². The monoisotopic (exact) mass is 266 g/mol. The van der Waals surface area contributed by atoms with Crippen LogP contribution in [0.25, 0.3) is 0 Å². The van der Waals surface area contributed by atoms with Crippen LogP contribution in [0.1, 0.15) is 25.5 Å². The summed E-state index contributed by atoms with van der Waals surface area (Å²) in [6.45, 7) is 2.88. The Bertz CT molecular complexity index is 530. The molecular weight excluding hydrogens is 251 g/mol. The molecule has 0 bridgehead atoms. The van der Waals surface area contributed by atoms with Gasteiger partial charge in [0.25, 0.3) is 5.91 Å². The van der Waals surface area contributed by atoms with Gasteiger partial charge < -0.3 is 10.4 Å². The Labute approximate surface area is 110 Å². The standard InChI is InChI=1S/C13H15FN2O3/c1-13(2)11(18)16(12(19)15-13)7-10(17)8-5-3-4-6-9(8)14/h3-6,10,17H,7H2,1-2H3,(H,15,19). The molecule has 1 unspecified atom stereocenters. The number of carbonyl (C=O) groups is 2. The number of nitrogens with one attached hydrogen (secondary N) is 1. The normalized spacial score (nSPS) is 19.5. The maximum Gasteiger partial charge on any atom is 0.325 e. The summed E-state index contributed by atoms with van der Waals surface area (Å²) in [5.74, 6) is -1.01. The van der Waals surface area contributed by atoms with Gasteiger partial charge in [-0.25, -0.2) is 9.18 Å². The highest BCUT2D eigenvalue weighted by Crippen LogP contribution is 2.22. The number of amides is 3. The van der Waals surface area contributed by atoms with Crippen LogP contribution in [0.5, 0.6) is 0 Å². The summed E-state index contributed by atoms with van der Waals surface area (Å²) in [4.78, 5) is 24.5. The fraction of sp³-hybridized carbons (Fsp3) is 0.385. The molecule has 1 heterocycles. The summed E-state index contributed by atoms with van der Waals surface area (Å²) in [5.41, 5.74) is -0.931. The highest BCUT2D eigenvalue weighted by molar-refractivity contribution is 6.06. The van der Waals surface area contributed by atoms with Crippen LogP contribution in [0.3, 0.4) is 0 Å². The number of halogens is 1. The number of carbonyl (C=O) groups excluding carboxylic acids is 2. The Hall–Kier alpha value is -1.95. The summed E-state index contributed by atoms with van der Waals surface area (Å²) in [7, 11) is 0. The van der Waals surface area contributed by atoms with E-state index < -0.39 is 29.4 Å². The van der Waals surface area contributed by atoms with E-state index in [4.69, 9.17) is 0 Å². The van der Waals surface area contributed by atoms with Crippen molar-refractivity contribution in [3.63, 3.8) is 0 Å². The Balaban J connectivity index is 2.16. The van der Waals surface area contributed by atoms with Crippen molar-refractivity contribution in [2.75, 3.05) is 6.54 Å². The quantitative estimate of drug-likeness (QED) is 0.807. The van der Waals surface area contributed by atoms with E-state index >= 15 is 0 Å². The number of aliphatic hydroxyl groups excluding tert-OH is 1. The van der Waals surface area contributed by atoms with Crippen molar-refractivity contribution in [1.82, 2.24) is 10.2 Å². The molecule has 0 aliphatic carbocycles. The van der Waals surface area contributed by atoms with Gasteiger partial charge in [-0.05, 0) is 19.9 Å². The molecule has 1 aromatic carbocycles. The summed E-state index contributed by atoms with van der Waals surface area (Å²) < 4.78 is 13.5. The molecule has 1 fully saturated rings. The summed E-state index contributed by atoms with van der Waals surface area (Å²) >= 11 is 0. The first kappa shape index (κ1) is 13.5. The van der Waals surface area contributed by atoms with E-state index in [-0.39, 0.29) is 12.1 Å². The summed E-state index contributed by atoms with van der Waals surface area (Å²) in [6, 6.07) is 5.14. The smallest absolute Gasteiger partial charge is 0.325 e. The van der Waals surface area contributed by atoms with E-state index in [0.717, 1.165) is 4.90 Å². The topological polar surface area (TPSA) is 69.6 Å². The Morgan fingerprint density at radius 1 is 1.37 bits per heavy atom. The molecular formula is C13H15FN2O3. The SMILES string of the molecule is CC1(C)NC(=O)N(CC(O)c2ccccc2F)C1=O. The molecule has 2 N–H and O–H groups in total. The Kier molecular flexibility index (Phi) is 3.28. The lowest BCUT2D eigenvalue weighted by atomic mass is 10.1. The van der Waals surface area contributed by atoms with Crippen molar-refractivity contribution >= 4 is 11.9 Å². The van der Waals surface area contributed by atoms with Gasteiger partial charge in [-0.15, -0.1) is 0 Å².